The van der Waals surface area contributed by atoms with E-state index < -0.39 is 0 Å². The van der Waals surface area contributed by atoms with E-state index in [0.29, 0.717) is 39.4 Å². The Morgan fingerprint density at radius 2 is 2.09 bits per heavy atom. The number of methoxy groups -OCH3 is 1. The Hall–Kier alpha value is -1.43. The van der Waals surface area contributed by atoms with Crippen LogP contribution in [-0.4, -0.2) is 24.5 Å². The van der Waals surface area contributed by atoms with Crippen LogP contribution in [0, 0.1) is 0 Å². The third kappa shape index (κ3) is 3.66. The first kappa shape index (κ1) is 16.9. The van der Waals surface area contributed by atoms with E-state index in [1.54, 1.807) is 17.0 Å². The topological polar surface area (TPSA) is 55.6 Å². The summed E-state index contributed by atoms with van der Waals surface area (Å²) in [6.07, 6.45) is 0. The zero-order chi connectivity index (χ0) is 16.3. The summed E-state index contributed by atoms with van der Waals surface area (Å²) in [6, 6.07) is 6.84. The summed E-state index contributed by atoms with van der Waals surface area (Å²) in [6.45, 7) is 2.95. The summed E-state index contributed by atoms with van der Waals surface area (Å²) in [5, 5.41) is 0.333. The zero-order valence-electron chi connectivity index (χ0n) is 12.2. The van der Waals surface area contributed by atoms with Gasteiger partial charge in [0, 0.05) is 17.5 Å². The van der Waals surface area contributed by atoms with Crippen LogP contribution in [0.3, 0.4) is 0 Å². The highest BCUT2D eigenvalue weighted by atomic mass is 35.5. The molecule has 1 amide bonds. The maximum Gasteiger partial charge on any atom is 0.257 e. The van der Waals surface area contributed by atoms with Gasteiger partial charge >= 0.3 is 0 Å². The zero-order valence-corrected chi connectivity index (χ0v) is 14.6. The van der Waals surface area contributed by atoms with E-state index in [2.05, 4.69) is 0 Å². The van der Waals surface area contributed by atoms with E-state index in [4.69, 9.17) is 33.7 Å². The van der Waals surface area contributed by atoms with Crippen LogP contribution in [0.4, 0.5) is 5.69 Å². The Bertz CT molecular complexity index is 688. The van der Waals surface area contributed by atoms with Gasteiger partial charge in [-0.05, 0) is 25.1 Å². The number of amides is 1. The van der Waals surface area contributed by atoms with Gasteiger partial charge in [-0.25, -0.2) is 0 Å². The number of halogens is 2. The quantitative estimate of drug-likeness (QED) is 0.810. The molecule has 2 aromatic rings. The Morgan fingerprint density at radius 1 is 1.36 bits per heavy atom. The van der Waals surface area contributed by atoms with Gasteiger partial charge in [0.05, 0.1) is 34.3 Å². The Morgan fingerprint density at radius 3 is 2.64 bits per heavy atom. The van der Waals surface area contributed by atoms with Gasteiger partial charge in [-0.3, -0.25) is 4.79 Å². The average Bonchev–Trinajstić information content (AvgIpc) is 2.91. The molecule has 0 spiro atoms. The number of ether oxygens (including phenoxy) is 1. The van der Waals surface area contributed by atoms with Crippen molar-refractivity contribution < 1.29 is 9.53 Å². The predicted octanol–water partition coefficient (Wildman–Crippen LogP) is 4.31. The van der Waals surface area contributed by atoms with Gasteiger partial charge in [0.1, 0.15) is 5.75 Å². The third-order valence-corrected chi connectivity index (χ3v) is 4.74. The number of rotatable bonds is 5. The molecule has 2 rings (SSSR count). The largest absolute Gasteiger partial charge is 0.496 e. The number of nitrogens with zero attached hydrogens (tertiary/aromatic N) is 1. The number of carbonyl (C=O) groups is 1. The smallest absolute Gasteiger partial charge is 0.257 e. The predicted molar refractivity (Wildman–Crippen MR) is 92.2 cm³/mol. The van der Waals surface area contributed by atoms with Crippen molar-refractivity contribution in [1.29, 1.82) is 0 Å². The first-order chi connectivity index (χ1) is 10.5. The lowest BCUT2D eigenvalue weighted by Gasteiger charge is -2.21. The first-order valence-electron chi connectivity index (χ1n) is 6.62. The lowest BCUT2D eigenvalue weighted by atomic mass is 10.1. The number of benzene rings is 1. The van der Waals surface area contributed by atoms with E-state index in [-0.39, 0.29) is 5.91 Å². The Labute approximate surface area is 143 Å². The number of hydrogen-bond acceptors (Lipinski definition) is 4. The van der Waals surface area contributed by atoms with Gasteiger partial charge in [-0.15, -0.1) is 11.3 Å². The second-order valence-corrected chi connectivity index (χ2v) is 6.81. The molecule has 0 saturated carbocycles. The molecule has 1 aromatic heterocycles. The highest BCUT2D eigenvalue weighted by Gasteiger charge is 2.21. The molecule has 0 aliphatic carbocycles. The van der Waals surface area contributed by atoms with Gasteiger partial charge in [0.2, 0.25) is 0 Å². The standard InChI is InChI=1S/C15H16Cl2N2O2S/c1-3-19(8-9-4-5-14(17)22-9)15(20)10-6-11(16)12(18)7-13(10)21-2/h4-7H,3,8,18H2,1-2H3. The highest BCUT2D eigenvalue weighted by Crippen LogP contribution is 2.30. The number of hydrogen-bond donors (Lipinski definition) is 1. The van der Waals surface area contributed by atoms with Crippen molar-refractivity contribution in [2.24, 2.45) is 0 Å². The lowest BCUT2D eigenvalue weighted by Crippen LogP contribution is -2.30. The molecule has 0 aliphatic heterocycles. The van der Waals surface area contributed by atoms with Crippen molar-refractivity contribution in [3.8, 4) is 5.75 Å². The fraction of sp³-hybridized carbons (Fsp3) is 0.267. The second kappa shape index (κ2) is 7.22. The van der Waals surface area contributed by atoms with Crippen molar-refractivity contribution in [3.63, 3.8) is 0 Å². The van der Waals surface area contributed by atoms with Gasteiger partial charge in [-0.1, -0.05) is 23.2 Å². The van der Waals surface area contributed by atoms with Gasteiger partial charge in [-0.2, -0.15) is 0 Å². The van der Waals surface area contributed by atoms with E-state index in [1.807, 2.05) is 19.1 Å². The second-order valence-electron chi connectivity index (χ2n) is 4.60. The van der Waals surface area contributed by atoms with E-state index in [0.717, 1.165) is 4.88 Å². The molecule has 0 saturated heterocycles. The molecule has 2 N–H and O–H groups in total. The first-order valence-corrected chi connectivity index (χ1v) is 8.20. The minimum atomic E-state index is -0.161. The summed E-state index contributed by atoms with van der Waals surface area (Å²) in [7, 11) is 1.49. The monoisotopic (exact) mass is 358 g/mol. The average molecular weight is 359 g/mol. The SMILES string of the molecule is CCN(Cc1ccc(Cl)s1)C(=O)c1cc(Cl)c(N)cc1OC. The van der Waals surface area contributed by atoms with Crippen LogP contribution in [0.25, 0.3) is 0 Å². The fourth-order valence-corrected chi connectivity index (χ4v) is 3.29. The van der Waals surface area contributed by atoms with Crippen molar-refractivity contribution in [1.82, 2.24) is 4.90 Å². The molecule has 0 radical (unpaired) electrons. The van der Waals surface area contributed by atoms with Crippen LogP contribution in [0.1, 0.15) is 22.2 Å². The molecule has 0 bridgehead atoms. The molecule has 1 aromatic carbocycles. The van der Waals surface area contributed by atoms with Crippen LogP contribution < -0.4 is 10.5 Å². The molecule has 0 fully saturated rings. The molecular formula is C15H16Cl2N2O2S. The summed E-state index contributed by atoms with van der Waals surface area (Å²) < 4.78 is 5.95. The highest BCUT2D eigenvalue weighted by molar-refractivity contribution is 7.16. The lowest BCUT2D eigenvalue weighted by molar-refractivity contribution is 0.0751. The number of anilines is 1. The minimum absolute atomic E-state index is 0.161. The summed E-state index contributed by atoms with van der Waals surface area (Å²) >= 11 is 13.4. The summed E-state index contributed by atoms with van der Waals surface area (Å²) in [4.78, 5) is 15.5. The fourth-order valence-electron chi connectivity index (χ4n) is 2.03. The van der Waals surface area contributed by atoms with E-state index >= 15 is 0 Å². The Balaban J connectivity index is 2.30. The molecule has 4 nitrogen and oxygen atoms in total. The van der Waals surface area contributed by atoms with Gasteiger partial charge in [0.15, 0.2) is 0 Å². The van der Waals surface area contributed by atoms with Crippen LogP contribution in [0.5, 0.6) is 5.75 Å². The molecule has 118 valence electrons. The normalized spacial score (nSPS) is 10.5. The van der Waals surface area contributed by atoms with Crippen molar-refractivity contribution in [2.75, 3.05) is 19.4 Å². The van der Waals surface area contributed by atoms with Crippen LogP contribution in [0.2, 0.25) is 9.36 Å². The molecule has 0 atom stereocenters. The molecule has 1 heterocycles. The molecule has 7 heteroatoms. The number of carbonyl (C=O) groups excluding carboxylic acids is 1. The number of nitrogens with two attached hydrogens (primary N) is 1. The van der Waals surface area contributed by atoms with Gasteiger partial charge in [0.25, 0.3) is 5.91 Å². The maximum absolute atomic E-state index is 12.7. The van der Waals surface area contributed by atoms with E-state index in [1.165, 1.54) is 18.4 Å². The van der Waals surface area contributed by atoms with Crippen LogP contribution >= 0.6 is 34.5 Å². The third-order valence-electron chi connectivity index (χ3n) is 3.19. The molecule has 22 heavy (non-hydrogen) atoms. The van der Waals surface area contributed by atoms with Crippen LogP contribution in [0.15, 0.2) is 24.3 Å². The van der Waals surface area contributed by atoms with Gasteiger partial charge < -0.3 is 15.4 Å². The van der Waals surface area contributed by atoms with Crippen LogP contribution in [-0.2, 0) is 6.54 Å². The Kier molecular flexibility index (Phi) is 5.56. The van der Waals surface area contributed by atoms with Crippen molar-refractivity contribution in [3.05, 3.63) is 44.1 Å². The summed E-state index contributed by atoms with van der Waals surface area (Å²) in [5.41, 5.74) is 6.52. The maximum atomic E-state index is 12.7. The number of thiophene rings is 1. The van der Waals surface area contributed by atoms with Crippen molar-refractivity contribution >= 4 is 46.1 Å². The summed E-state index contributed by atoms with van der Waals surface area (Å²) in [5.74, 6) is 0.250. The molecule has 0 aliphatic rings. The molecular weight excluding hydrogens is 343 g/mol. The van der Waals surface area contributed by atoms with E-state index in [9.17, 15) is 4.79 Å². The molecule has 0 unspecified atom stereocenters. The number of nitrogen functional groups attached to an aromatic ring is 1. The van der Waals surface area contributed by atoms with Crippen molar-refractivity contribution in [2.45, 2.75) is 13.5 Å². The minimum Gasteiger partial charge on any atom is -0.496 e.